The average molecular weight is 471 g/mol. The number of H-pyrrole nitrogens is 1. The summed E-state index contributed by atoms with van der Waals surface area (Å²) in [5.74, 6) is 0.761. The van der Waals surface area contributed by atoms with E-state index in [2.05, 4.69) is 24.9 Å². The summed E-state index contributed by atoms with van der Waals surface area (Å²) in [7, 11) is 0. The molecule has 1 amide bonds. The second-order valence-corrected chi connectivity index (χ2v) is 9.07. The molecule has 1 N–H and O–H groups in total. The molecule has 1 saturated heterocycles. The van der Waals surface area contributed by atoms with Crippen molar-refractivity contribution in [3.05, 3.63) is 95.2 Å². The van der Waals surface area contributed by atoms with Crippen LogP contribution in [-0.4, -0.2) is 48.8 Å². The van der Waals surface area contributed by atoms with Crippen LogP contribution in [0.2, 0.25) is 0 Å². The Bertz CT molecular complexity index is 1300. The number of halogens is 1. The molecule has 8 heteroatoms. The summed E-state index contributed by atoms with van der Waals surface area (Å²) in [6.07, 6.45) is 10.1. The monoisotopic (exact) mass is 470 g/mol. The molecule has 35 heavy (non-hydrogen) atoms. The standard InChI is InChI=1S/C27H27FN6O/c1-18-15-32-26(33-18)25-24(29-10-11-30-25)14-20-3-2-12-34(17-20)27(35)21-6-9-23(31-16-21)13-19-4-7-22(28)8-5-19/h4-11,15-16,20H,2-3,12-14,17H2,1H3,(H,32,33). The second kappa shape index (κ2) is 10.1. The number of aromatic amines is 1. The summed E-state index contributed by atoms with van der Waals surface area (Å²) in [6.45, 7) is 3.36. The van der Waals surface area contributed by atoms with Gasteiger partial charge in [0.1, 0.15) is 11.5 Å². The van der Waals surface area contributed by atoms with Crippen LogP contribution in [0.4, 0.5) is 4.39 Å². The molecule has 0 aliphatic carbocycles. The van der Waals surface area contributed by atoms with E-state index >= 15 is 0 Å². The maximum absolute atomic E-state index is 13.2. The maximum Gasteiger partial charge on any atom is 0.255 e. The number of pyridine rings is 1. The van der Waals surface area contributed by atoms with Gasteiger partial charge in [0.15, 0.2) is 5.82 Å². The van der Waals surface area contributed by atoms with Crippen molar-refractivity contribution in [3.63, 3.8) is 0 Å². The quantitative estimate of drug-likeness (QED) is 0.451. The molecule has 4 aromatic rings. The van der Waals surface area contributed by atoms with Crippen LogP contribution < -0.4 is 0 Å². The first-order valence-electron chi connectivity index (χ1n) is 11.9. The number of benzene rings is 1. The number of rotatable bonds is 6. The van der Waals surface area contributed by atoms with E-state index in [0.717, 1.165) is 60.0 Å². The van der Waals surface area contributed by atoms with Crippen LogP contribution in [-0.2, 0) is 12.8 Å². The van der Waals surface area contributed by atoms with Gasteiger partial charge in [0.2, 0.25) is 0 Å². The number of hydrogen-bond donors (Lipinski definition) is 1. The molecule has 3 aromatic heterocycles. The molecule has 1 aliphatic heterocycles. The van der Waals surface area contributed by atoms with Crippen molar-refractivity contribution in [2.45, 2.75) is 32.6 Å². The van der Waals surface area contributed by atoms with E-state index in [1.165, 1.54) is 12.1 Å². The Morgan fingerprint density at radius 2 is 1.89 bits per heavy atom. The Labute approximate surface area is 203 Å². The number of likely N-dealkylation sites (tertiary alicyclic amines) is 1. The smallest absolute Gasteiger partial charge is 0.255 e. The van der Waals surface area contributed by atoms with Gasteiger partial charge >= 0.3 is 0 Å². The Hall–Kier alpha value is -3.94. The predicted molar refractivity (Wildman–Crippen MR) is 130 cm³/mol. The van der Waals surface area contributed by atoms with Crippen molar-refractivity contribution in [1.29, 1.82) is 0 Å². The third-order valence-corrected chi connectivity index (χ3v) is 6.36. The molecular formula is C27H27FN6O. The minimum absolute atomic E-state index is 0.00318. The van der Waals surface area contributed by atoms with E-state index in [0.29, 0.717) is 24.4 Å². The Balaban J connectivity index is 1.24. The molecular weight excluding hydrogens is 443 g/mol. The summed E-state index contributed by atoms with van der Waals surface area (Å²) in [5, 5.41) is 0. The molecule has 0 spiro atoms. The molecule has 1 unspecified atom stereocenters. The van der Waals surface area contributed by atoms with Crippen LogP contribution in [0.25, 0.3) is 11.5 Å². The molecule has 7 nitrogen and oxygen atoms in total. The Morgan fingerprint density at radius 3 is 2.63 bits per heavy atom. The van der Waals surface area contributed by atoms with Crippen molar-refractivity contribution in [2.75, 3.05) is 13.1 Å². The topological polar surface area (TPSA) is 87.7 Å². The third kappa shape index (κ3) is 5.42. The van der Waals surface area contributed by atoms with Crippen molar-refractivity contribution in [3.8, 4) is 11.5 Å². The summed E-state index contributed by atoms with van der Waals surface area (Å²) in [5.41, 5.74) is 5.04. The van der Waals surface area contributed by atoms with Crippen LogP contribution in [0.15, 0.2) is 61.2 Å². The first-order valence-corrected chi connectivity index (χ1v) is 11.9. The van der Waals surface area contributed by atoms with E-state index in [1.807, 2.05) is 24.0 Å². The molecule has 0 radical (unpaired) electrons. The summed E-state index contributed by atoms with van der Waals surface area (Å²) >= 11 is 0. The number of nitrogens with zero attached hydrogens (tertiary/aromatic N) is 5. The average Bonchev–Trinajstić information content (AvgIpc) is 3.32. The lowest BCUT2D eigenvalue weighted by Crippen LogP contribution is -2.40. The van der Waals surface area contributed by atoms with Crippen molar-refractivity contribution < 1.29 is 9.18 Å². The third-order valence-electron chi connectivity index (χ3n) is 6.36. The van der Waals surface area contributed by atoms with E-state index < -0.39 is 0 Å². The van der Waals surface area contributed by atoms with E-state index in [-0.39, 0.29) is 11.7 Å². The fourth-order valence-electron chi connectivity index (χ4n) is 4.59. The number of nitrogens with one attached hydrogen (secondary N) is 1. The van der Waals surface area contributed by atoms with Gasteiger partial charge in [-0.1, -0.05) is 12.1 Å². The molecule has 1 aliphatic rings. The molecule has 1 fully saturated rings. The van der Waals surface area contributed by atoms with Gasteiger partial charge in [0.25, 0.3) is 5.91 Å². The number of carbonyl (C=O) groups is 1. The Morgan fingerprint density at radius 1 is 1.06 bits per heavy atom. The first-order chi connectivity index (χ1) is 17.0. The molecule has 178 valence electrons. The highest BCUT2D eigenvalue weighted by Gasteiger charge is 2.26. The van der Waals surface area contributed by atoms with Gasteiger partial charge in [0, 0.05) is 55.7 Å². The number of carbonyl (C=O) groups excluding carboxylic acids is 1. The summed E-state index contributed by atoms with van der Waals surface area (Å²) in [6, 6.07) is 10.1. The van der Waals surface area contributed by atoms with E-state index in [1.54, 1.807) is 36.9 Å². The number of piperidine rings is 1. The summed E-state index contributed by atoms with van der Waals surface area (Å²) < 4.78 is 13.1. The SMILES string of the molecule is Cc1cnc(-c2nccnc2CC2CCCN(C(=O)c3ccc(Cc4ccc(F)cc4)nc3)C2)[nH]1. The van der Waals surface area contributed by atoms with Gasteiger partial charge in [-0.3, -0.25) is 14.8 Å². The zero-order chi connectivity index (χ0) is 24.2. The van der Waals surface area contributed by atoms with Crippen LogP contribution in [0, 0.1) is 18.7 Å². The van der Waals surface area contributed by atoms with Crippen molar-refractivity contribution >= 4 is 5.91 Å². The van der Waals surface area contributed by atoms with Crippen LogP contribution in [0.3, 0.4) is 0 Å². The van der Waals surface area contributed by atoms with Gasteiger partial charge in [-0.05, 0) is 61.9 Å². The minimum atomic E-state index is -0.255. The second-order valence-electron chi connectivity index (χ2n) is 9.07. The number of amides is 1. The van der Waals surface area contributed by atoms with Crippen LogP contribution in [0.5, 0.6) is 0 Å². The normalized spacial score (nSPS) is 15.8. The maximum atomic E-state index is 13.2. The van der Waals surface area contributed by atoms with Crippen LogP contribution in [0.1, 0.15) is 45.8 Å². The van der Waals surface area contributed by atoms with Gasteiger partial charge < -0.3 is 9.88 Å². The van der Waals surface area contributed by atoms with Gasteiger partial charge in [-0.25, -0.2) is 14.4 Å². The molecule has 1 aromatic carbocycles. The van der Waals surface area contributed by atoms with Gasteiger partial charge in [-0.2, -0.15) is 0 Å². The zero-order valence-corrected chi connectivity index (χ0v) is 19.6. The highest BCUT2D eigenvalue weighted by atomic mass is 19.1. The number of aromatic nitrogens is 5. The molecule has 1 atom stereocenters. The van der Waals surface area contributed by atoms with Crippen molar-refractivity contribution in [1.82, 2.24) is 29.8 Å². The molecule has 5 rings (SSSR count). The van der Waals surface area contributed by atoms with Gasteiger partial charge in [-0.15, -0.1) is 0 Å². The molecule has 0 saturated carbocycles. The molecule has 0 bridgehead atoms. The lowest BCUT2D eigenvalue weighted by Gasteiger charge is -2.33. The predicted octanol–water partition coefficient (Wildman–Crippen LogP) is 4.39. The minimum Gasteiger partial charge on any atom is -0.341 e. The zero-order valence-electron chi connectivity index (χ0n) is 19.6. The van der Waals surface area contributed by atoms with E-state index in [4.69, 9.17) is 0 Å². The number of aryl methyl sites for hydroxylation is 1. The fraction of sp³-hybridized carbons (Fsp3) is 0.296. The summed E-state index contributed by atoms with van der Waals surface area (Å²) in [4.78, 5) is 36.3. The Kier molecular flexibility index (Phi) is 6.61. The van der Waals surface area contributed by atoms with Gasteiger partial charge in [0.05, 0.1) is 11.3 Å². The fourth-order valence-corrected chi connectivity index (χ4v) is 4.59. The van der Waals surface area contributed by atoms with E-state index in [9.17, 15) is 9.18 Å². The highest BCUT2D eigenvalue weighted by Crippen LogP contribution is 2.25. The molecule has 4 heterocycles. The highest BCUT2D eigenvalue weighted by molar-refractivity contribution is 5.94. The number of imidazole rings is 1. The van der Waals surface area contributed by atoms with Crippen LogP contribution >= 0.6 is 0 Å². The lowest BCUT2D eigenvalue weighted by molar-refractivity contribution is 0.0672. The lowest BCUT2D eigenvalue weighted by atomic mass is 9.92. The first kappa shape index (κ1) is 22.8. The number of hydrogen-bond acceptors (Lipinski definition) is 5. The largest absolute Gasteiger partial charge is 0.341 e. The van der Waals surface area contributed by atoms with Crippen molar-refractivity contribution in [2.24, 2.45) is 5.92 Å².